The number of hydrogen-bond donors (Lipinski definition) is 0. The maximum Gasteiger partial charge on any atom is 0.149 e. The molecule has 14 heavy (non-hydrogen) atoms. The van der Waals surface area contributed by atoms with Crippen molar-refractivity contribution in [3.8, 4) is 0 Å². The van der Waals surface area contributed by atoms with Gasteiger partial charge in [0.15, 0.2) is 0 Å². The molecule has 0 bridgehead atoms. The highest BCUT2D eigenvalue weighted by Gasteiger charge is 2.09. The molecule has 0 saturated heterocycles. The molecule has 0 aromatic heterocycles. The van der Waals surface area contributed by atoms with E-state index >= 15 is 0 Å². The van der Waals surface area contributed by atoms with Crippen molar-refractivity contribution in [1.82, 2.24) is 0 Å². The standard InChI is InChI=1S/C12H20N2/c1-4-7-11(10(3)5-2)12-13-8-6-9-14-12/h8H,4-7,9H2,1-3H3/b11-10+. The zero-order chi connectivity index (χ0) is 10.4. The smallest absolute Gasteiger partial charge is 0.149 e. The van der Waals surface area contributed by atoms with Crippen LogP contribution in [0.1, 0.15) is 46.5 Å². The third kappa shape index (κ3) is 2.79. The molecule has 1 aliphatic heterocycles. The zero-order valence-electron chi connectivity index (χ0n) is 9.51. The summed E-state index contributed by atoms with van der Waals surface area (Å²) in [4.78, 5) is 8.86. The second-order valence-corrected chi connectivity index (χ2v) is 3.67. The number of amidine groups is 1. The van der Waals surface area contributed by atoms with E-state index in [1.54, 1.807) is 0 Å². The first-order valence-electron chi connectivity index (χ1n) is 5.55. The molecule has 1 heterocycles. The fourth-order valence-corrected chi connectivity index (χ4v) is 1.57. The molecule has 0 aliphatic carbocycles. The lowest BCUT2D eigenvalue weighted by Crippen LogP contribution is -2.08. The topological polar surface area (TPSA) is 24.7 Å². The summed E-state index contributed by atoms with van der Waals surface area (Å²) in [6.45, 7) is 7.49. The molecule has 78 valence electrons. The van der Waals surface area contributed by atoms with Crippen LogP contribution in [0.3, 0.4) is 0 Å². The van der Waals surface area contributed by atoms with Gasteiger partial charge in [-0.1, -0.05) is 25.8 Å². The molecule has 2 nitrogen and oxygen atoms in total. The number of aliphatic imine (C=N–C) groups is 2. The van der Waals surface area contributed by atoms with Gasteiger partial charge in [0.05, 0.1) is 0 Å². The predicted molar refractivity (Wildman–Crippen MR) is 63.3 cm³/mol. The van der Waals surface area contributed by atoms with E-state index in [1.165, 1.54) is 17.6 Å². The summed E-state index contributed by atoms with van der Waals surface area (Å²) in [5.74, 6) is 0.984. The molecule has 0 aromatic rings. The van der Waals surface area contributed by atoms with Crippen LogP contribution < -0.4 is 0 Å². The van der Waals surface area contributed by atoms with Gasteiger partial charge in [-0.05, 0) is 25.3 Å². The summed E-state index contributed by atoms with van der Waals surface area (Å²) in [6.07, 6.45) is 6.36. The van der Waals surface area contributed by atoms with Crippen LogP contribution in [-0.2, 0) is 0 Å². The Kier molecular flexibility index (Phi) is 4.57. The second kappa shape index (κ2) is 5.74. The number of nitrogens with zero attached hydrogens (tertiary/aromatic N) is 2. The molecule has 1 aliphatic rings. The van der Waals surface area contributed by atoms with Crippen molar-refractivity contribution in [3.63, 3.8) is 0 Å². The van der Waals surface area contributed by atoms with E-state index < -0.39 is 0 Å². The number of hydrogen-bond acceptors (Lipinski definition) is 2. The van der Waals surface area contributed by atoms with Crippen molar-refractivity contribution < 1.29 is 0 Å². The summed E-state index contributed by atoms with van der Waals surface area (Å²) in [5, 5.41) is 0. The maximum atomic E-state index is 4.48. The Morgan fingerprint density at radius 1 is 1.43 bits per heavy atom. The molecule has 0 unspecified atom stereocenters. The van der Waals surface area contributed by atoms with Gasteiger partial charge in [0.1, 0.15) is 5.84 Å². The van der Waals surface area contributed by atoms with Crippen LogP contribution in [0.5, 0.6) is 0 Å². The summed E-state index contributed by atoms with van der Waals surface area (Å²) < 4.78 is 0. The Morgan fingerprint density at radius 2 is 2.21 bits per heavy atom. The predicted octanol–water partition coefficient (Wildman–Crippen LogP) is 3.39. The molecular weight excluding hydrogens is 172 g/mol. The Morgan fingerprint density at radius 3 is 2.71 bits per heavy atom. The van der Waals surface area contributed by atoms with E-state index in [1.807, 2.05) is 6.21 Å². The normalized spacial score (nSPS) is 17.8. The molecule has 0 radical (unpaired) electrons. The van der Waals surface area contributed by atoms with Gasteiger partial charge >= 0.3 is 0 Å². The Balaban J connectivity index is 2.87. The number of allylic oxidation sites excluding steroid dienone is 1. The van der Waals surface area contributed by atoms with E-state index in [4.69, 9.17) is 0 Å². The molecule has 2 heteroatoms. The van der Waals surface area contributed by atoms with Crippen LogP contribution in [-0.4, -0.2) is 18.6 Å². The molecule has 0 aromatic carbocycles. The van der Waals surface area contributed by atoms with Crippen LogP contribution in [0.2, 0.25) is 0 Å². The number of rotatable bonds is 4. The lowest BCUT2D eigenvalue weighted by atomic mass is 10.0. The first-order chi connectivity index (χ1) is 6.79. The minimum absolute atomic E-state index is 0.906. The Bertz CT molecular complexity index is 272. The van der Waals surface area contributed by atoms with E-state index in [0.29, 0.717) is 0 Å². The molecule has 0 spiro atoms. The van der Waals surface area contributed by atoms with Crippen LogP contribution in [0.4, 0.5) is 0 Å². The SMILES string of the molecule is CCC/C(C1=NCCC=N1)=C(/C)CC. The van der Waals surface area contributed by atoms with Crippen LogP contribution in [0, 0.1) is 0 Å². The summed E-state index contributed by atoms with van der Waals surface area (Å²) in [6, 6.07) is 0. The molecule has 0 saturated carbocycles. The molecular formula is C12H20N2. The van der Waals surface area contributed by atoms with Gasteiger partial charge < -0.3 is 0 Å². The Hall–Kier alpha value is -0.920. The van der Waals surface area contributed by atoms with Crippen LogP contribution in [0.25, 0.3) is 0 Å². The van der Waals surface area contributed by atoms with Gasteiger partial charge in [-0.25, -0.2) is 4.99 Å². The largest absolute Gasteiger partial charge is 0.266 e. The van der Waals surface area contributed by atoms with Gasteiger partial charge in [0.2, 0.25) is 0 Å². The highest BCUT2D eigenvalue weighted by molar-refractivity contribution is 6.04. The van der Waals surface area contributed by atoms with Crippen LogP contribution >= 0.6 is 0 Å². The minimum Gasteiger partial charge on any atom is -0.266 e. The van der Waals surface area contributed by atoms with Crippen molar-refractivity contribution in [1.29, 1.82) is 0 Å². The van der Waals surface area contributed by atoms with E-state index in [9.17, 15) is 0 Å². The Labute approximate surface area is 86.8 Å². The summed E-state index contributed by atoms with van der Waals surface area (Å²) in [7, 11) is 0. The molecule has 0 amide bonds. The van der Waals surface area contributed by atoms with Gasteiger partial charge in [0.25, 0.3) is 0 Å². The van der Waals surface area contributed by atoms with Gasteiger partial charge in [-0.3, -0.25) is 4.99 Å². The first kappa shape index (κ1) is 11.2. The van der Waals surface area contributed by atoms with Crippen molar-refractivity contribution in [2.24, 2.45) is 9.98 Å². The molecule has 0 atom stereocenters. The van der Waals surface area contributed by atoms with Crippen LogP contribution in [0.15, 0.2) is 21.1 Å². The van der Waals surface area contributed by atoms with E-state index in [2.05, 4.69) is 30.8 Å². The quantitative estimate of drug-likeness (QED) is 0.652. The van der Waals surface area contributed by atoms with Crippen molar-refractivity contribution in [2.75, 3.05) is 6.54 Å². The molecule has 0 fully saturated rings. The molecule has 0 N–H and O–H groups in total. The average Bonchev–Trinajstić information content (AvgIpc) is 2.26. The van der Waals surface area contributed by atoms with Crippen molar-refractivity contribution in [3.05, 3.63) is 11.1 Å². The van der Waals surface area contributed by atoms with Gasteiger partial charge in [-0.15, -0.1) is 0 Å². The third-order valence-corrected chi connectivity index (χ3v) is 2.55. The van der Waals surface area contributed by atoms with Crippen molar-refractivity contribution in [2.45, 2.75) is 46.5 Å². The van der Waals surface area contributed by atoms with E-state index in [0.717, 1.165) is 31.6 Å². The lowest BCUT2D eigenvalue weighted by Gasteiger charge is -2.12. The highest BCUT2D eigenvalue weighted by Crippen LogP contribution is 2.17. The van der Waals surface area contributed by atoms with Gasteiger partial charge in [0, 0.05) is 19.2 Å². The zero-order valence-corrected chi connectivity index (χ0v) is 9.51. The van der Waals surface area contributed by atoms with Crippen molar-refractivity contribution >= 4 is 12.1 Å². The fourth-order valence-electron chi connectivity index (χ4n) is 1.57. The van der Waals surface area contributed by atoms with E-state index in [-0.39, 0.29) is 0 Å². The maximum absolute atomic E-state index is 4.48. The first-order valence-corrected chi connectivity index (χ1v) is 5.55. The fraction of sp³-hybridized carbons (Fsp3) is 0.667. The average molecular weight is 192 g/mol. The second-order valence-electron chi connectivity index (χ2n) is 3.67. The van der Waals surface area contributed by atoms with Gasteiger partial charge in [-0.2, -0.15) is 0 Å². The highest BCUT2D eigenvalue weighted by atomic mass is 14.9. The lowest BCUT2D eigenvalue weighted by molar-refractivity contribution is 0.897. The monoisotopic (exact) mass is 192 g/mol. The molecule has 1 rings (SSSR count). The third-order valence-electron chi connectivity index (χ3n) is 2.55. The minimum atomic E-state index is 0.906. The summed E-state index contributed by atoms with van der Waals surface area (Å²) >= 11 is 0. The summed E-state index contributed by atoms with van der Waals surface area (Å²) in [5.41, 5.74) is 2.80.